The van der Waals surface area contributed by atoms with Gasteiger partial charge in [0.25, 0.3) is 0 Å². The fourth-order valence-corrected chi connectivity index (χ4v) is 3.24. The van der Waals surface area contributed by atoms with E-state index in [-0.39, 0.29) is 0 Å². The van der Waals surface area contributed by atoms with Gasteiger partial charge in [-0.2, -0.15) is 0 Å². The second-order valence-corrected chi connectivity index (χ2v) is 6.91. The minimum absolute atomic E-state index is 0.791. The first-order chi connectivity index (χ1) is 11.3. The molecule has 0 aliphatic heterocycles. The van der Waals surface area contributed by atoms with Gasteiger partial charge < -0.3 is 22.1 Å². The van der Waals surface area contributed by atoms with Crippen LogP contribution in [0.4, 0.5) is 0 Å². The van der Waals surface area contributed by atoms with Crippen LogP contribution in [-0.4, -0.2) is 44.2 Å². The van der Waals surface area contributed by atoms with Crippen LogP contribution in [-0.2, 0) is 0 Å². The molecular weight excluding hydrogens is 284 g/mol. The van der Waals surface area contributed by atoms with Crippen molar-refractivity contribution in [2.24, 2.45) is 23.1 Å². The van der Waals surface area contributed by atoms with Crippen molar-refractivity contribution >= 4 is 0 Å². The van der Waals surface area contributed by atoms with Gasteiger partial charge in [0, 0.05) is 0 Å². The maximum Gasteiger partial charge on any atom is -0.000671 e. The van der Waals surface area contributed by atoms with Gasteiger partial charge in [-0.1, -0.05) is 45.4 Å². The summed E-state index contributed by atoms with van der Waals surface area (Å²) in [6.45, 7) is 8.19. The fraction of sp³-hybridized carbons (Fsp3) is 1.00. The third-order valence-corrected chi connectivity index (χ3v) is 4.73. The van der Waals surface area contributed by atoms with Gasteiger partial charge in [-0.15, -0.1) is 0 Å². The van der Waals surface area contributed by atoms with Crippen molar-refractivity contribution in [3.8, 4) is 0 Å². The van der Waals surface area contributed by atoms with Crippen LogP contribution in [0.15, 0.2) is 0 Å². The maximum atomic E-state index is 5.67. The Morgan fingerprint density at radius 1 is 0.609 bits per heavy atom. The van der Waals surface area contributed by atoms with E-state index in [9.17, 15) is 0 Å². The highest BCUT2D eigenvalue weighted by Gasteiger charge is 2.08. The Morgan fingerprint density at radius 2 is 1.13 bits per heavy atom. The second kappa shape index (κ2) is 18.2. The Kier molecular flexibility index (Phi) is 18.1. The van der Waals surface area contributed by atoms with Crippen LogP contribution < -0.4 is 17.2 Å². The van der Waals surface area contributed by atoms with Crippen LogP contribution in [0.3, 0.4) is 0 Å². The zero-order valence-electron chi connectivity index (χ0n) is 15.8. The van der Waals surface area contributed by atoms with Gasteiger partial charge in [0.2, 0.25) is 0 Å². The highest BCUT2D eigenvalue weighted by atomic mass is 15.1. The van der Waals surface area contributed by atoms with Gasteiger partial charge in [-0.3, -0.25) is 0 Å². The number of hydrogen-bond donors (Lipinski definition) is 3. The summed E-state index contributed by atoms with van der Waals surface area (Å²) >= 11 is 0. The van der Waals surface area contributed by atoms with Gasteiger partial charge in [0.15, 0.2) is 0 Å². The van der Waals surface area contributed by atoms with Gasteiger partial charge in [-0.05, 0) is 77.3 Å². The summed E-state index contributed by atoms with van der Waals surface area (Å²) in [6.07, 6.45) is 14.3. The van der Waals surface area contributed by atoms with Crippen LogP contribution in [0, 0.1) is 5.92 Å². The third kappa shape index (κ3) is 15.1. The topological polar surface area (TPSA) is 81.3 Å². The van der Waals surface area contributed by atoms with E-state index >= 15 is 0 Å². The van der Waals surface area contributed by atoms with Crippen molar-refractivity contribution in [2.45, 2.75) is 77.6 Å². The molecule has 0 aliphatic carbocycles. The zero-order valence-corrected chi connectivity index (χ0v) is 15.8. The Bertz CT molecular complexity index is 185. The lowest BCUT2D eigenvalue weighted by atomic mass is 9.91. The lowest BCUT2D eigenvalue weighted by molar-refractivity contribution is 0.261. The summed E-state index contributed by atoms with van der Waals surface area (Å²) in [4.78, 5) is 2.54. The van der Waals surface area contributed by atoms with Crippen LogP contribution in [0.1, 0.15) is 77.6 Å². The van der Waals surface area contributed by atoms with Gasteiger partial charge in [0.1, 0.15) is 0 Å². The third-order valence-electron chi connectivity index (χ3n) is 4.73. The molecule has 4 heteroatoms. The minimum atomic E-state index is 0.791. The standard InChI is InChI=1S/C19H44N4/c1-2-3-10-19(12-7-13-20)11-5-4-6-16-23(17-8-14-21)18-9-15-22/h19H,2-18,20-22H2,1H3/t19-/m0/s1. The summed E-state index contributed by atoms with van der Waals surface area (Å²) in [5.41, 5.74) is 16.9. The van der Waals surface area contributed by atoms with Gasteiger partial charge in [-0.25, -0.2) is 0 Å². The van der Waals surface area contributed by atoms with E-state index in [1.807, 2.05) is 0 Å². The molecule has 0 aromatic heterocycles. The molecule has 0 aromatic carbocycles. The lowest BCUT2D eigenvalue weighted by Gasteiger charge is -2.22. The Hall–Kier alpha value is -0.160. The molecule has 0 radical (unpaired) electrons. The summed E-state index contributed by atoms with van der Waals surface area (Å²) < 4.78 is 0. The molecule has 0 heterocycles. The monoisotopic (exact) mass is 328 g/mol. The van der Waals surface area contributed by atoms with Crippen molar-refractivity contribution in [3.63, 3.8) is 0 Å². The predicted molar refractivity (Wildman–Crippen MR) is 104 cm³/mol. The van der Waals surface area contributed by atoms with Crippen LogP contribution in [0.5, 0.6) is 0 Å². The molecule has 0 bridgehead atoms. The first-order valence-corrected chi connectivity index (χ1v) is 10.1. The largest absolute Gasteiger partial charge is 0.330 e. The maximum absolute atomic E-state index is 5.67. The normalized spacial score (nSPS) is 12.9. The molecule has 6 N–H and O–H groups in total. The minimum Gasteiger partial charge on any atom is -0.330 e. The van der Waals surface area contributed by atoms with Crippen molar-refractivity contribution in [1.29, 1.82) is 0 Å². The molecule has 0 fully saturated rings. The molecule has 1 atom stereocenters. The molecule has 0 saturated heterocycles. The predicted octanol–water partition coefficient (Wildman–Crippen LogP) is 3.09. The molecule has 140 valence electrons. The van der Waals surface area contributed by atoms with E-state index in [1.54, 1.807) is 0 Å². The van der Waals surface area contributed by atoms with Gasteiger partial charge >= 0.3 is 0 Å². The lowest BCUT2D eigenvalue weighted by Crippen LogP contribution is -2.29. The Morgan fingerprint density at radius 3 is 1.70 bits per heavy atom. The molecule has 23 heavy (non-hydrogen) atoms. The highest BCUT2D eigenvalue weighted by Crippen LogP contribution is 2.21. The van der Waals surface area contributed by atoms with E-state index in [1.165, 1.54) is 64.3 Å². The molecule has 0 saturated carbocycles. The number of nitrogens with two attached hydrogens (primary N) is 3. The number of hydrogen-bond acceptors (Lipinski definition) is 4. The summed E-state index contributed by atoms with van der Waals surface area (Å²) in [6, 6.07) is 0. The molecule has 0 unspecified atom stereocenters. The molecule has 0 amide bonds. The van der Waals surface area contributed by atoms with E-state index in [0.717, 1.165) is 51.5 Å². The summed E-state index contributed by atoms with van der Waals surface area (Å²) in [7, 11) is 0. The van der Waals surface area contributed by atoms with Crippen LogP contribution in [0.25, 0.3) is 0 Å². The molecule has 0 aromatic rings. The first kappa shape index (κ1) is 22.8. The summed E-state index contributed by atoms with van der Waals surface area (Å²) in [5, 5.41) is 0. The second-order valence-electron chi connectivity index (χ2n) is 6.91. The molecular formula is C19H44N4. The Labute approximate surface area is 145 Å². The number of nitrogens with zero attached hydrogens (tertiary/aromatic N) is 1. The van der Waals surface area contributed by atoms with Crippen molar-refractivity contribution in [1.82, 2.24) is 4.90 Å². The van der Waals surface area contributed by atoms with E-state index in [4.69, 9.17) is 17.2 Å². The smallest absolute Gasteiger partial charge is 0.000671 e. The highest BCUT2D eigenvalue weighted by molar-refractivity contribution is 4.63. The van der Waals surface area contributed by atoms with E-state index in [2.05, 4.69) is 11.8 Å². The SMILES string of the molecule is CCCC[C@H](CCCN)CCCCCN(CCCN)CCCN. The molecule has 0 aliphatic rings. The van der Waals surface area contributed by atoms with Crippen LogP contribution in [0.2, 0.25) is 0 Å². The van der Waals surface area contributed by atoms with Crippen molar-refractivity contribution < 1.29 is 0 Å². The summed E-state index contributed by atoms with van der Waals surface area (Å²) in [5.74, 6) is 0.907. The fourth-order valence-electron chi connectivity index (χ4n) is 3.24. The van der Waals surface area contributed by atoms with Crippen molar-refractivity contribution in [2.75, 3.05) is 39.3 Å². The molecule has 4 nitrogen and oxygen atoms in total. The van der Waals surface area contributed by atoms with Crippen molar-refractivity contribution in [3.05, 3.63) is 0 Å². The quantitative estimate of drug-likeness (QED) is 0.338. The van der Waals surface area contributed by atoms with E-state index in [0.29, 0.717) is 0 Å². The van der Waals surface area contributed by atoms with Crippen LogP contribution >= 0.6 is 0 Å². The molecule has 0 rings (SSSR count). The zero-order chi connectivity index (χ0) is 17.2. The van der Waals surface area contributed by atoms with E-state index < -0.39 is 0 Å². The average molecular weight is 329 g/mol. The Balaban J connectivity index is 3.81. The number of rotatable bonds is 18. The average Bonchev–Trinajstić information content (AvgIpc) is 2.57. The number of unbranched alkanes of at least 4 members (excludes halogenated alkanes) is 3. The first-order valence-electron chi connectivity index (χ1n) is 10.1. The van der Waals surface area contributed by atoms with Gasteiger partial charge in [0.05, 0.1) is 0 Å². The molecule has 0 spiro atoms.